The summed E-state index contributed by atoms with van der Waals surface area (Å²) in [7, 11) is 0. The molecular weight excluding hydrogens is 446 g/mol. The monoisotopic (exact) mass is 456 g/mol. The molecule has 8 nitrogen and oxygen atoms in total. The molecule has 32 heavy (non-hydrogen) atoms. The Balaban J connectivity index is 1.81. The number of fused-ring (bicyclic) bond motifs is 1. The van der Waals surface area contributed by atoms with Crippen LogP contribution < -0.4 is 10.2 Å². The first-order valence-electron chi connectivity index (χ1n) is 8.98. The normalized spacial score (nSPS) is 14.8. The van der Waals surface area contributed by atoms with Gasteiger partial charge in [0.2, 0.25) is 0 Å². The van der Waals surface area contributed by atoms with Crippen molar-refractivity contribution in [1.82, 2.24) is 10.3 Å². The Morgan fingerprint density at radius 1 is 1.22 bits per heavy atom. The minimum atomic E-state index is -1.32. The third kappa shape index (κ3) is 3.34. The SMILES string of the molecule is N#Cc1ccc(CC(=O)O)c(N2C(=O)N/C(=C\c3c[nH]c4c(F)c(Cl)ccc34)C2=O)c1F. The number of aliphatic carboxylic acids is 1. The molecule has 0 radical (unpaired) electrons. The second-order valence-electron chi connectivity index (χ2n) is 6.77. The number of benzene rings is 2. The summed E-state index contributed by atoms with van der Waals surface area (Å²) in [5.74, 6) is -4.18. The molecule has 0 atom stereocenters. The molecule has 3 N–H and O–H groups in total. The molecule has 0 bridgehead atoms. The molecule has 0 spiro atoms. The lowest BCUT2D eigenvalue weighted by Crippen LogP contribution is -2.33. The van der Waals surface area contributed by atoms with Crippen molar-refractivity contribution in [1.29, 1.82) is 5.26 Å². The van der Waals surface area contributed by atoms with Gasteiger partial charge in [-0.2, -0.15) is 5.26 Å². The quantitative estimate of drug-likeness (QED) is 0.407. The standard InChI is InChI=1S/C21H11ClF2N4O4/c22-13-4-3-12-11(8-26-18(12)17(13)24)5-14-20(31)28(21(32)27-14)19-9(6-15(29)30)1-2-10(7-25)16(19)23/h1-5,8,26H,6H2,(H,27,32)(H,29,30)/b14-5-. The molecular formula is C21H11ClF2N4O4. The fourth-order valence-electron chi connectivity index (χ4n) is 3.41. The summed E-state index contributed by atoms with van der Waals surface area (Å²) in [6, 6.07) is 5.64. The number of carbonyl (C=O) groups is 3. The van der Waals surface area contributed by atoms with Gasteiger partial charge in [-0.05, 0) is 23.8 Å². The average Bonchev–Trinajstić information content (AvgIpc) is 3.27. The van der Waals surface area contributed by atoms with Gasteiger partial charge in [0.25, 0.3) is 5.91 Å². The fraction of sp³-hybridized carbons (Fsp3) is 0.0476. The molecule has 1 fully saturated rings. The number of rotatable bonds is 4. The van der Waals surface area contributed by atoms with Crippen LogP contribution in [0.2, 0.25) is 5.02 Å². The zero-order valence-electron chi connectivity index (χ0n) is 15.9. The first-order valence-corrected chi connectivity index (χ1v) is 9.36. The van der Waals surface area contributed by atoms with Crippen LogP contribution in [0.5, 0.6) is 0 Å². The van der Waals surface area contributed by atoms with Crippen molar-refractivity contribution in [2.24, 2.45) is 0 Å². The number of hydrogen-bond acceptors (Lipinski definition) is 4. The van der Waals surface area contributed by atoms with E-state index in [9.17, 15) is 23.2 Å². The van der Waals surface area contributed by atoms with Gasteiger partial charge in [-0.3, -0.25) is 9.59 Å². The van der Waals surface area contributed by atoms with Crippen LogP contribution in [0.15, 0.2) is 36.2 Å². The average molecular weight is 457 g/mol. The van der Waals surface area contributed by atoms with Crippen molar-refractivity contribution >= 4 is 52.2 Å². The number of urea groups is 1. The molecule has 160 valence electrons. The van der Waals surface area contributed by atoms with Gasteiger partial charge in [0, 0.05) is 17.1 Å². The topological polar surface area (TPSA) is 126 Å². The second kappa shape index (κ2) is 7.79. The number of hydrogen-bond donors (Lipinski definition) is 3. The van der Waals surface area contributed by atoms with E-state index in [1.807, 2.05) is 0 Å². The molecule has 11 heteroatoms. The number of nitriles is 1. The molecule has 0 unspecified atom stereocenters. The number of anilines is 1. The van der Waals surface area contributed by atoms with E-state index in [0.717, 1.165) is 6.07 Å². The number of H-pyrrole nitrogens is 1. The highest BCUT2D eigenvalue weighted by Gasteiger charge is 2.38. The number of aromatic amines is 1. The maximum atomic E-state index is 14.9. The minimum absolute atomic E-state index is 0.0921. The first-order chi connectivity index (χ1) is 15.2. The van der Waals surface area contributed by atoms with Crippen molar-refractivity contribution in [3.8, 4) is 6.07 Å². The first kappa shape index (κ1) is 21.0. The van der Waals surface area contributed by atoms with Crippen LogP contribution in [0.1, 0.15) is 16.7 Å². The van der Waals surface area contributed by atoms with Crippen molar-refractivity contribution in [3.63, 3.8) is 0 Å². The van der Waals surface area contributed by atoms with Crippen LogP contribution in [-0.2, 0) is 16.0 Å². The highest BCUT2D eigenvalue weighted by molar-refractivity contribution is 6.31. The van der Waals surface area contributed by atoms with Gasteiger partial charge in [-0.25, -0.2) is 18.5 Å². The summed E-state index contributed by atoms with van der Waals surface area (Å²) < 4.78 is 29.1. The van der Waals surface area contributed by atoms with Gasteiger partial charge in [0.05, 0.1) is 28.2 Å². The molecule has 4 rings (SSSR count). The van der Waals surface area contributed by atoms with Crippen LogP contribution in [0, 0.1) is 23.0 Å². The van der Waals surface area contributed by atoms with E-state index in [2.05, 4.69) is 10.3 Å². The minimum Gasteiger partial charge on any atom is -0.481 e. The summed E-state index contributed by atoms with van der Waals surface area (Å²) in [6.07, 6.45) is 1.97. The van der Waals surface area contributed by atoms with Crippen LogP contribution in [0.4, 0.5) is 19.3 Å². The van der Waals surface area contributed by atoms with Crippen LogP contribution >= 0.6 is 11.6 Å². The maximum Gasteiger partial charge on any atom is 0.333 e. The number of nitrogens with zero attached hydrogens (tertiary/aromatic N) is 2. The Hall–Kier alpha value is -4.23. The van der Waals surface area contributed by atoms with Gasteiger partial charge < -0.3 is 15.4 Å². The number of carboxylic acids is 1. The summed E-state index contributed by atoms with van der Waals surface area (Å²) >= 11 is 5.76. The molecule has 2 heterocycles. The van der Waals surface area contributed by atoms with E-state index in [1.165, 1.54) is 30.5 Å². The van der Waals surface area contributed by atoms with Crippen LogP contribution in [0.3, 0.4) is 0 Å². The zero-order chi connectivity index (χ0) is 23.2. The van der Waals surface area contributed by atoms with E-state index >= 15 is 0 Å². The Bertz CT molecular complexity index is 1410. The fourth-order valence-corrected chi connectivity index (χ4v) is 3.57. The van der Waals surface area contributed by atoms with Crippen molar-refractivity contribution in [2.75, 3.05) is 4.90 Å². The number of amides is 3. The predicted octanol–water partition coefficient (Wildman–Crippen LogP) is 3.70. The van der Waals surface area contributed by atoms with Crippen molar-refractivity contribution in [3.05, 3.63) is 69.5 Å². The summed E-state index contributed by atoms with van der Waals surface area (Å²) in [5.41, 5.74) is -1.06. The van der Waals surface area contributed by atoms with Gasteiger partial charge in [-0.1, -0.05) is 23.7 Å². The number of carboxylic acid groups (broad SMARTS) is 1. The third-order valence-corrected chi connectivity index (χ3v) is 5.13. The highest BCUT2D eigenvalue weighted by atomic mass is 35.5. The number of halogens is 3. The van der Waals surface area contributed by atoms with Gasteiger partial charge in [-0.15, -0.1) is 0 Å². The van der Waals surface area contributed by atoms with Crippen LogP contribution in [0.25, 0.3) is 17.0 Å². The van der Waals surface area contributed by atoms with E-state index < -0.39 is 47.2 Å². The number of nitrogens with one attached hydrogen (secondary N) is 2. The van der Waals surface area contributed by atoms with Gasteiger partial charge in [0.1, 0.15) is 11.8 Å². The smallest absolute Gasteiger partial charge is 0.333 e. The summed E-state index contributed by atoms with van der Waals surface area (Å²) in [6.45, 7) is 0. The third-order valence-electron chi connectivity index (χ3n) is 4.84. The Labute approximate surface area is 183 Å². The highest BCUT2D eigenvalue weighted by Crippen LogP contribution is 2.32. The van der Waals surface area contributed by atoms with Gasteiger partial charge >= 0.3 is 12.0 Å². The van der Waals surface area contributed by atoms with E-state index in [0.29, 0.717) is 15.8 Å². The predicted molar refractivity (Wildman–Crippen MR) is 110 cm³/mol. The molecule has 1 aromatic heterocycles. The second-order valence-corrected chi connectivity index (χ2v) is 7.18. The Kier molecular flexibility index (Phi) is 5.12. The lowest BCUT2D eigenvalue weighted by Gasteiger charge is -2.17. The largest absolute Gasteiger partial charge is 0.481 e. The summed E-state index contributed by atoms with van der Waals surface area (Å²) in [5, 5.41) is 20.8. The molecule has 1 saturated heterocycles. The molecule has 0 saturated carbocycles. The molecule has 3 aromatic rings. The lowest BCUT2D eigenvalue weighted by molar-refractivity contribution is -0.136. The molecule has 3 amide bonds. The maximum absolute atomic E-state index is 14.9. The Morgan fingerprint density at radius 3 is 2.66 bits per heavy atom. The van der Waals surface area contributed by atoms with Gasteiger partial charge in [0.15, 0.2) is 11.6 Å². The number of aromatic nitrogens is 1. The molecule has 0 aliphatic carbocycles. The van der Waals surface area contributed by atoms with Crippen molar-refractivity contribution < 1.29 is 28.3 Å². The molecule has 1 aliphatic heterocycles. The van der Waals surface area contributed by atoms with Crippen molar-refractivity contribution in [2.45, 2.75) is 6.42 Å². The van der Waals surface area contributed by atoms with E-state index in [4.69, 9.17) is 22.0 Å². The molecule has 1 aliphatic rings. The molecule has 2 aromatic carbocycles. The lowest BCUT2D eigenvalue weighted by atomic mass is 10.0. The van der Waals surface area contributed by atoms with Crippen LogP contribution in [-0.4, -0.2) is 28.0 Å². The van der Waals surface area contributed by atoms with E-state index in [-0.39, 0.29) is 21.8 Å². The van der Waals surface area contributed by atoms with E-state index in [1.54, 1.807) is 6.07 Å². The number of imide groups is 1. The number of carbonyl (C=O) groups excluding carboxylic acids is 2. The zero-order valence-corrected chi connectivity index (χ0v) is 16.6. The summed E-state index contributed by atoms with van der Waals surface area (Å²) in [4.78, 5) is 39.8. The Morgan fingerprint density at radius 2 is 1.97 bits per heavy atom.